The fraction of sp³-hybridized carbons (Fsp3) is 0.316. The molecule has 0 amide bonds. The van der Waals surface area contributed by atoms with E-state index >= 15 is 0 Å². The quantitative estimate of drug-likeness (QED) is 0.761. The van der Waals surface area contributed by atoms with Crippen molar-refractivity contribution in [2.45, 2.75) is 38.6 Å². The molecule has 2 heterocycles. The molecule has 1 N–H and O–H groups in total. The van der Waals surface area contributed by atoms with Crippen LogP contribution in [0.3, 0.4) is 0 Å². The van der Waals surface area contributed by atoms with Crippen LogP contribution < -0.4 is 5.56 Å². The van der Waals surface area contributed by atoms with Gasteiger partial charge in [0.25, 0.3) is 5.56 Å². The van der Waals surface area contributed by atoms with Crippen molar-refractivity contribution >= 4 is 27.5 Å². The number of carboxylic acids is 1. The number of hydrogen-bond acceptors (Lipinski definition) is 4. The second-order valence-corrected chi connectivity index (χ2v) is 7.38. The Bertz CT molecular complexity index is 1000. The minimum Gasteiger partial charge on any atom is -0.481 e. The van der Waals surface area contributed by atoms with Gasteiger partial charge < -0.3 is 5.11 Å². The van der Waals surface area contributed by atoms with Gasteiger partial charge in [-0.2, -0.15) is 0 Å². The van der Waals surface area contributed by atoms with Gasteiger partial charge in [-0.25, -0.2) is 4.98 Å². The van der Waals surface area contributed by atoms with E-state index in [-0.39, 0.29) is 12.0 Å². The summed E-state index contributed by atoms with van der Waals surface area (Å²) < 4.78 is 1.66. The van der Waals surface area contributed by atoms with Crippen LogP contribution in [0.5, 0.6) is 0 Å². The highest BCUT2D eigenvalue weighted by molar-refractivity contribution is 7.18. The summed E-state index contributed by atoms with van der Waals surface area (Å²) in [5.41, 5.74) is 2.00. The lowest BCUT2D eigenvalue weighted by Crippen LogP contribution is -2.24. The molecule has 0 radical (unpaired) electrons. The van der Waals surface area contributed by atoms with Crippen LogP contribution in [0.4, 0.5) is 0 Å². The maximum atomic E-state index is 13.2. The minimum atomic E-state index is -0.847. The Morgan fingerprint density at radius 2 is 2.04 bits per heavy atom. The number of benzene rings is 1. The SMILES string of the molecule is O=C(O)CCCn1c(-c2ccccc2)nc2sc3c(c2c1=O)CCC3. The van der Waals surface area contributed by atoms with E-state index in [1.54, 1.807) is 15.9 Å². The fourth-order valence-corrected chi connectivity index (χ4v) is 4.73. The first-order valence-electron chi connectivity index (χ1n) is 8.47. The van der Waals surface area contributed by atoms with Crippen LogP contribution in [0.1, 0.15) is 29.7 Å². The van der Waals surface area contributed by atoms with Crippen molar-refractivity contribution in [3.05, 3.63) is 51.1 Å². The second kappa shape index (κ2) is 6.44. The maximum absolute atomic E-state index is 13.2. The van der Waals surface area contributed by atoms with Crippen molar-refractivity contribution < 1.29 is 9.90 Å². The van der Waals surface area contributed by atoms with Crippen LogP contribution in [0.2, 0.25) is 0 Å². The average Bonchev–Trinajstić information content (AvgIpc) is 3.17. The van der Waals surface area contributed by atoms with Gasteiger partial charge in [0.1, 0.15) is 10.7 Å². The van der Waals surface area contributed by atoms with Crippen LogP contribution >= 0.6 is 11.3 Å². The van der Waals surface area contributed by atoms with Gasteiger partial charge in [0, 0.05) is 23.4 Å². The molecule has 2 aromatic heterocycles. The summed E-state index contributed by atoms with van der Waals surface area (Å²) in [4.78, 5) is 30.9. The van der Waals surface area contributed by atoms with E-state index in [9.17, 15) is 9.59 Å². The predicted octanol–water partition coefficient (Wildman–Crippen LogP) is 3.48. The molecule has 0 bridgehead atoms. The summed E-state index contributed by atoms with van der Waals surface area (Å²) >= 11 is 1.63. The summed E-state index contributed by atoms with van der Waals surface area (Å²) in [6.07, 6.45) is 3.51. The largest absolute Gasteiger partial charge is 0.481 e. The Morgan fingerprint density at radius 1 is 1.24 bits per heavy atom. The van der Waals surface area contributed by atoms with Crippen LogP contribution in [0.15, 0.2) is 35.1 Å². The molecular formula is C19H18N2O3S. The van der Waals surface area contributed by atoms with Crippen molar-refractivity contribution in [3.63, 3.8) is 0 Å². The Balaban J connectivity index is 1.89. The standard InChI is InChI=1S/C19H18N2O3S/c22-15(23)10-5-11-21-17(12-6-2-1-3-7-12)20-18-16(19(21)24)13-8-4-9-14(13)25-18/h1-3,6-7H,4-5,8-11H2,(H,22,23). The van der Waals surface area contributed by atoms with Crippen molar-refractivity contribution in [1.82, 2.24) is 9.55 Å². The number of thiophene rings is 1. The Kier molecular flexibility index (Phi) is 4.13. The number of hydrogen-bond donors (Lipinski definition) is 1. The lowest BCUT2D eigenvalue weighted by Gasteiger charge is -2.12. The van der Waals surface area contributed by atoms with Gasteiger partial charge in [0.2, 0.25) is 0 Å². The highest BCUT2D eigenvalue weighted by atomic mass is 32.1. The zero-order chi connectivity index (χ0) is 17.4. The summed E-state index contributed by atoms with van der Waals surface area (Å²) in [6, 6.07) is 9.63. The topological polar surface area (TPSA) is 72.2 Å². The van der Waals surface area contributed by atoms with E-state index in [0.717, 1.165) is 40.6 Å². The van der Waals surface area contributed by atoms with Gasteiger partial charge in [0.15, 0.2) is 0 Å². The van der Waals surface area contributed by atoms with Crippen LogP contribution in [-0.2, 0) is 24.2 Å². The van der Waals surface area contributed by atoms with Gasteiger partial charge in [0.05, 0.1) is 5.39 Å². The van der Waals surface area contributed by atoms with E-state index in [1.165, 1.54) is 4.88 Å². The second-order valence-electron chi connectivity index (χ2n) is 6.29. The van der Waals surface area contributed by atoms with E-state index in [1.807, 2.05) is 30.3 Å². The number of aryl methyl sites for hydroxylation is 2. The van der Waals surface area contributed by atoms with Crippen LogP contribution in [0.25, 0.3) is 21.6 Å². The molecule has 1 aromatic carbocycles. The van der Waals surface area contributed by atoms with Gasteiger partial charge in [-0.15, -0.1) is 11.3 Å². The average molecular weight is 354 g/mol. The fourth-order valence-electron chi connectivity index (χ4n) is 3.48. The maximum Gasteiger partial charge on any atom is 0.303 e. The molecule has 0 unspecified atom stereocenters. The number of nitrogens with zero attached hydrogens (tertiary/aromatic N) is 2. The molecular weight excluding hydrogens is 336 g/mol. The molecule has 0 saturated heterocycles. The zero-order valence-electron chi connectivity index (χ0n) is 13.7. The molecule has 0 spiro atoms. The number of aromatic nitrogens is 2. The van der Waals surface area contributed by atoms with Crippen LogP contribution in [0, 0.1) is 0 Å². The van der Waals surface area contributed by atoms with E-state index < -0.39 is 5.97 Å². The van der Waals surface area contributed by atoms with Crippen molar-refractivity contribution in [3.8, 4) is 11.4 Å². The molecule has 0 aliphatic heterocycles. The van der Waals surface area contributed by atoms with Crippen molar-refractivity contribution in [2.75, 3.05) is 0 Å². The summed E-state index contributed by atoms with van der Waals surface area (Å²) in [5.74, 6) is -0.219. The zero-order valence-corrected chi connectivity index (χ0v) is 14.5. The number of aliphatic carboxylic acids is 1. The van der Waals surface area contributed by atoms with Gasteiger partial charge in [-0.1, -0.05) is 30.3 Å². The van der Waals surface area contributed by atoms with Crippen LogP contribution in [-0.4, -0.2) is 20.6 Å². The van der Waals surface area contributed by atoms with Gasteiger partial charge in [-0.05, 0) is 31.2 Å². The summed E-state index contributed by atoms with van der Waals surface area (Å²) in [5, 5.41) is 9.65. The van der Waals surface area contributed by atoms with E-state index in [2.05, 4.69) is 0 Å². The number of carbonyl (C=O) groups is 1. The first kappa shape index (κ1) is 16.0. The third kappa shape index (κ3) is 2.87. The van der Waals surface area contributed by atoms with E-state index in [0.29, 0.717) is 18.8 Å². The predicted molar refractivity (Wildman–Crippen MR) is 98.2 cm³/mol. The molecule has 5 nitrogen and oxygen atoms in total. The molecule has 6 heteroatoms. The first-order valence-corrected chi connectivity index (χ1v) is 9.29. The molecule has 1 aliphatic rings. The lowest BCUT2D eigenvalue weighted by atomic mass is 10.1. The highest BCUT2D eigenvalue weighted by Crippen LogP contribution is 2.35. The summed E-state index contributed by atoms with van der Waals surface area (Å²) in [6.45, 7) is 0.364. The Labute approximate surface area is 148 Å². The third-order valence-corrected chi connectivity index (χ3v) is 5.81. The number of fused-ring (bicyclic) bond motifs is 3. The van der Waals surface area contributed by atoms with Crippen molar-refractivity contribution in [2.24, 2.45) is 0 Å². The monoisotopic (exact) mass is 354 g/mol. The molecule has 0 saturated carbocycles. The third-order valence-electron chi connectivity index (χ3n) is 4.63. The summed E-state index contributed by atoms with van der Waals surface area (Å²) in [7, 11) is 0. The molecule has 3 aromatic rings. The molecule has 128 valence electrons. The molecule has 4 rings (SSSR count). The number of rotatable bonds is 5. The molecule has 0 fully saturated rings. The Morgan fingerprint density at radius 3 is 2.80 bits per heavy atom. The molecule has 0 atom stereocenters. The number of carboxylic acid groups (broad SMARTS) is 1. The lowest BCUT2D eigenvalue weighted by molar-refractivity contribution is -0.137. The smallest absolute Gasteiger partial charge is 0.303 e. The van der Waals surface area contributed by atoms with Gasteiger partial charge >= 0.3 is 5.97 Å². The highest BCUT2D eigenvalue weighted by Gasteiger charge is 2.23. The van der Waals surface area contributed by atoms with E-state index in [4.69, 9.17) is 10.1 Å². The normalized spacial score (nSPS) is 13.3. The first-order chi connectivity index (χ1) is 12.1. The van der Waals surface area contributed by atoms with Gasteiger partial charge in [-0.3, -0.25) is 14.2 Å². The molecule has 1 aliphatic carbocycles. The molecule has 25 heavy (non-hydrogen) atoms. The minimum absolute atomic E-state index is 0.0337. The van der Waals surface area contributed by atoms with Crippen molar-refractivity contribution in [1.29, 1.82) is 0 Å². The Hall–Kier alpha value is -2.47.